The SMILES string of the molecule is CC(C)c1ccc(C(CN)NC(=O)OC(C)(C)C)cc1. The molecule has 0 aliphatic carbocycles. The van der Waals surface area contributed by atoms with Crippen LogP contribution < -0.4 is 11.1 Å². The van der Waals surface area contributed by atoms with Gasteiger partial charge in [-0.3, -0.25) is 0 Å². The third-order valence-electron chi connectivity index (χ3n) is 2.93. The highest BCUT2D eigenvalue weighted by molar-refractivity contribution is 5.68. The lowest BCUT2D eigenvalue weighted by Crippen LogP contribution is -2.37. The van der Waals surface area contributed by atoms with Gasteiger partial charge in [-0.05, 0) is 37.8 Å². The number of hydrogen-bond donors (Lipinski definition) is 2. The number of benzene rings is 1. The van der Waals surface area contributed by atoms with Crippen molar-refractivity contribution in [2.45, 2.75) is 52.2 Å². The third kappa shape index (κ3) is 5.21. The maximum Gasteiger partial charge on any atom is 0.408 e. The first-order valence-corrected chi connectivity index (χ1v) is 7.02. The van der Waals surface area contributed by atoms with Crippen molar-refractivity contribution in [3.05, 3.63) is 35.4 Å². The summed E-state index contributed by atoms with van der Waals surface area (Å²) in [4.78, 5) is 11.8. The molecular weight excluding hydrogens is 252 g/mol. The van der Waals surface area contributed by atoms with Crippen molar-refractivity contribution >= 4 is 6.09 Å². The maximum atomic E-state index is 11.8. The Morgan fingerprint density at radius 3 is 2.10 bits per heavy atom. The van der Waals surface area contributed by atoms with Crippen LogP contribution in [-0.4, -0.2) is 18.2 Å². The molecular formula is C16H26N2O2. The standard InChI is InChI=1S/C16H26N2O2/c1-11(2)12-6-8-13(9-7-12)14(10-17)18-15(19)20-16(3,4)5/h6-9,11,14H,10,17H2,1-5H3,(H,18,19). The number of rotatable bonds is 4. The van der Waals surface area contributed by atoms with E-state index in [4.69, 9.17) is 10.5 Å². The average molecular weight is 278 g/mol. The Kier molecular flexibility index (Phi) is 5.57. The van der Waals surface area contributed by atoms with Gasteiger partial charge in [-0.2, -0.15) is 0 Å². The zero-order valence-electron chi connectivity index (χ0n) is 13.1. The summed E-state index contributed by atoms with van der Waals surface area (Å²) in [5, 5.41) is 2.80. The van der Waals surface area contributed by atoms with Crippen molar-refractivity contribution in [1.82, 2.24) is 5.32 Å². The molecule has 112 valence electrons. The largest absolute Gasteiger partial charge is 0.444 e. The van der Waals surface area contributed by atoms with Gasteiger partial charge < -0.3 is 15.8 Å². The molecule has 1 amide bonds. The Hall–Kier alpha value is -1.55. The van der Waals surface area contributed by atoms with Gasteiger partial charge in [0.25, 0.3) is 0 Å². The average Bonchev–Trinajstić information content (AvgIpc) is 2.34. The number of alkyl carbamates (subject to hydrolysis) is 1. The number of nitrogens with two attached hydrogens (primary N) is 1. The van der Waals surface area contributed by atoms with E-state index < -0.39 is 11.7 Å². The number of hydrogen-bond acceptors (Lipinski definition) is 3. The van der Waals surface area contributed by atoms with Gasteiger partial charge in [0.1, 0.15) is 5.60 Å². The highest BCUT2D eigenvalue weighted by atomic mass is 16.6. The van der Waals surface area contributed by atoms with Gasteiger partial charge in [0.2, 0.25) is 0 Å². The second-order valence-electron chi connectivity index (χ2n) is 6.26. The normalized spacial score (nSPS) is 13.2. The number of nitrogens with one attached hydrogen (secondary N) is 1. The monoisotopic (exact) mass is 278 g/mol. The van der Waals surface area contributed by atoms with E-state index in [1.54, 1.807) is 0 Å². The summed E-state index contributed by atoms with van der Waals surface area (Å²) < 4.78 is 5.25. The van der Waals surface area contributed by atoms with E-state index in [0.717, 1.165) is 5.56 Å². The molecule has 1 atom stereocenters. The molecule has 3 N–H and O–H groups in total. The van der Waals surface area contributed by atoms with Crippen LogP contribution in [0.25, 0.3) is 0 Å². The first-order valence-electron chi connectivity index (χ1n) is 7.02. The fourth-order valence-corrected chi connectivity index (χ4v) is 1.84. The van der Waals surface area contributed by atoms with E-state index in [1.165, 1.54) is 5.56 Å². The Morgan fingerprint density at radius 2 is 1.70 bits per heavy atom. The molecule has 0 spiro atoms. The number of carbonyl (C=O) groups is 1. The van der Waals surface area contributed by atoms with Crippen LogP contribution in [0.3, 0.4) is 0 Å². The number of amides is 1. The highest BCUT2D eigenvalue weighted by Gasteiger charge is 2.19. The Balaban J connectivity index is 2.73. The molecule has 0 fully saturated rings. The van der Waals surface area contributed by atoms with E-state index in [-0.39, 0.29) is 6.04 Å². The fourth-order valence-electron chi connectivity index (χ4n) is 1.84. The molecule has 1 aromatic rings. The minimum absolute atomic E-state index is 0.230. The highest BCUT2D eigenvalue weighted by Crippen LogP contribution is 2.19. The fraction of sp³-hybridized carbons (Fsp3) is 0.562. The van der Waals surface area contributed by atoms with Crippen LogP contribution in [0.2, 0.25) is 0 Å². The van der Waals surface area contributed by atoms with E-state index in [0.29, 0.717) is 12.5 Å². The Bertz CT molecular complexity index is 433. The number of ether oxygens (including phenoxy) is 1. The molecule has 4 nitrogen and oxygen atoms in total. The minimum Gasteiger partial charge on any atom is -0.444 e. The molecule has 0 aromatic heterocycles. The first-order chi connectivity index (χ1) is 9.23. The van der Waals surface area contributed by atoms with Crippen molar-refractivity contribution in [2.75, 3.05) is 6.54 Å². The zero-order valence-corrected chi connectivity index (χ0v) is 13.1. The van der Waals surface area contributed by atoms with Crippen LogP contribution in [0.1, 0.15) is 57.7 Å². The molecule has 0 radical (unpaired) electrons. The third-order valence-corrected chi connectivity index (χ3v) is 2.93. The lowest BCUT2D eigenvalue weighted by atomic mass is 9.99. The van der Waals surface area contributed by atoms with Crippen molar-refractivity contribution in [2.24, 2.45) is 5.73 Å². The molecule has 0 aliphatic rings. The molecule has 1 rings (SSSR count). The van der Waals surface area contributed by atoms with Gasteiger partial charge in [-0.25, -0.2) is 4.79 Å². The summed E-state index contributed by atoms with van der Waals surface area (Å²) in [6, 6.07) is 7.92. The quantitative estimate of drug-likeness (QED) is 0.888. The summed E-state index contributed by atoms with van der Waals surface area (Å²) in [5.41, 5.74) is 7.49. The molecule has 4 heteroatoms. The topological polar surface area (TPSA) is 64.3 Å². The van der Waals surface area contributed by atoms with Gasteiger partial charge in [0.05, 0.1) is 6.04 Å². The van der Waals surface area contributed by atoms with Crippen LogP contribution in [0.4, 0.5) is 4.79 Å². The van der Waals surface area contributed by atoms with E-state index in [9.17, 15) is 4.79 Å². The Labute approximate surface area is 121 Å². The lowest BCUT2D eigenvalue weighted by Gasteiger charge is -2.23. The van der Waals surface area contributed by atoms with Crippen molar-refractivity contribution in [1.29, 1.82) is 0 Å². The molecule has 1 aromatic carbocycles. The van der Waals surface area contributed by atoms with E-state index in [2.05, 4.69) is 31.3 Å². The van der Waals surface area contributed by atoms with Crippen molar-refractivity contribution in [3.8, 4) is 0 Å². The van der Waals surface area contributed by atoms with Crippen LogP contribution in [-0.2, 0) is 4.74 Å². The van der Waals surface area contributed by atoms with Crippen LogP contribution in [0.5, 0.6) is 0 Å². The van der Waals surface area contributed by atoms with Crippen LogP contribution in [0.15, 0.2) is 24.3 Å². The molecule has 0 saturated carbocycles. The molecule has 0 heterocycles. The summed E-state index contributed by atoms with van der Waals surface area (Å²) in [7, 11) is 0. The van der Waals surface area contributed by atoms with Crippen LogP contribution in [0, 0.1) is 0 Å². The molecule has 0 aliphatic heterocycles. The van der Waals surface area contributed by atoms with Gasteiger partial charge in [0, 0.05) is 6.54 Å². The lowest BCUT2D eigenvalue weighted by molar-refractivity contribution is 0.0505. The summed E-state index contributed by atoms with van der Waals surface area (Å²) in [5.74, 6) is 0.485. The summed E-state index contributed by atoms with van der Waals surface area (Å²) in [6.07, 6.45) is -0.444. The van der Waals surface area contributed by atoms with E-state index >= 15 is 0 Å². The minimum atomic E-state index is -0.509. The summed E-state index contributed by atoms with van der Waals surface area (Å²) in [6.45, 7) is 10.1. The maximum absolute atomic E-state index is 11.8. The number of carbonyl (C=O) groups excluding carboxylic acids is 1. The first kappa shape index (κ1) is 16.5. The van der Waals surface area contributed by atoms with Crippen molar-refractivity contribution < 1.29 is 9.53 Å². The molecule has 1 unspecified atom stereocenters. The second kappa shape index (κ2) is 6.75. The van der Waals surface area contributed by atoms with Gasteiger partial charge in [-0.15, -0.1) is 0 Å². The molecule has 0 saturated heterocycles. The molecule has 20 heavy (non-hydrogen) atoms. The predicted molar refractivity (Wildman–Crippen MR) is 81.7 cm³/mol. The van der Waals surface area contributed by atoms with Crippen molar-refractivity contribution in [3.63, 3.8) is 0 Å². The van der Waals surface area contributed by atoms with Gasteiger partial charge >= 0.3 is 6.09 Å². The zero-order chi connectivity index (χ0) is 15.3. The predicted octanol–water partition coefficient (Wildman–Crippen LogP) is 3.33. The molecule has 0 bridgehead atoms. The smallest absolute Gasteiger partial charge is 0.408 e. The van der Waals surface area contributed by atoms with E-state index in [1.807, 2.05) is 32.9 Å². The van der Waals surface area contributed by atoms with Gasteiger partial charge in [-0.1, -0.05) is 38.1 Å². The second-order valence-corrected chi connectivity index (χ2v) is 6.26. The van der Waals surface area contributed by atoms with Crippen LogP contribution >= 0.6 is 0 Å². The Morgan fingerprint density at radius 1 is 1.20 bits per heavy atom. The summed E-state index contributed by atoms with van der Waals surface area (Å²) >= 11 is 0. The van der Waals surface area contributed by atoms with Gasteiger partial charge in [0.15, 0.2) is 0 Å².